The minimum absolute atomic E-state index is 0.0336. The van der Waals surface area contributed by atoms with E-state index in [0.717, 1.165) is 4.47 Å². The highest BCUT2D eigenvalue weighted by molar-refractivity contribution is 9.10. The molecule has 0 fully saturated rings. The van der Waals surface area contributed by atoms with Crippen molar-refractivity contribution in [2.45, 2.75) is 45.3 Å². The van der Waals surface area contributed by atoms with E-state index in [0.29, 0.717) is 5.82 Å². The summed E-state index contributed by atoms with van der Waals surface area (Å²) in [6.45, 7) is 7.15. The molecule has 0 saturated carbocycles. The first-order valence-corrected chi connectivity index (χ1v) is 6.38. The number of nitrogens with two attached hydrogens (primary N) is 1. The Morgan fingerprint density at radius 2 is 1.83 bits per heavy atom. The Hall–Kier alpha value is -1.01. The lowest BCUT2D eigenvalue weighted by Gasteiger charge is -2.25. The van der Waals surface area contributed by atoms with Gasteiger partial charge >= 0.3 is 5.97 Å². The fourth-order valence-corrected chi connectivity index (χ4v) is 1.57. The Kier molecular flexibility index (Phi) is 4.45. The quantitative estimate of drug-likeness (QED) is 0.865. The molecule has 1 heterocycles. The van der Waals surface area contributed by atoms with Gasteiger partial charge in [0.25, 0.3) is 0 Å². The Labute approximate surface area is 115 Å². The van der Waals surface area contributed by atoms with E-state index in [-0.39, 0.29) is 12.4 Å². The summed E-state index contributed by atoms with van der Waals surface area (Å²) in [5.41, 5.74) is 4.61. The highest BCUT2D eigenvalue weighted by Crippen LogP contribution is 2.21. The van der Waals surface area contributed by atoms with Crippen molar-refractivity contribution in [3.05, 3.63) is 22.7 Å². The first kappa shape index (κ1) is 15.0. The monoisotopic (exact) mass is 315 g/mol. The van der Waals surface area contributed by atoms with Gasteiger partial charge in [0.15, 0.2) is 0 Å². The standard InChI is InChI=1S/C12H18BrN3O2/c1-11(2,3)18-9(17)5-12(4,14)10-15-6-8(13)7-16-10/h6-7H,5,14H2,1-4H3. The summed E-state index contributed by atoms with van der Waals surface area (Å²) in [5, 5.41) is 0. The molecular formula is C12H18BrN3O2. The number of rotatable bonds is 3. The Morgan fingerprint density at radius 1 is 1.33 bits per heavy atom. The minimum atomic E-state index is -0.941. The fraction of sp³-hybridized carbons (Fsp3) is 0.583. The van der Waals surface area contributed by atoms with Crippen molar-refractivity contribution in [1.29, 1.82) is 0 Å². The largest absolute Gasteiger partial charge is 0.460 e. The summed E-state index contributed by atoms with van der Waals surface area (Å²) in [5.74, 6) is 0.0515. The van der Waals surface area contributed by atoms with Gasteiger partial charge in [-0.05, 0) is 43.6 Å². The Bertz CT molecular complexity index is 424. The van der Waals surface area contributed by atoms with Crippen molar-refractivity contribution in [2.75, 3.05) is 0 Å². The lowest BCUT2D eigenvalue weighted by atomic mass is 9.98. The van der Waals surface area contributed by atoms with Gasteiger partial charge < -0.3 is 10.5 Å². The molecule has 0 saturated heterocycles. The van der Waals surface area contributed by atoms with Crippen molar-refractivity contribution in [2.24, 2.45) is 5.73 Å². The topological polar surface area (TPSA) is 78.1 Å². The number of esters is 1. The number of nitrogens with zero attached hydrogens (tertiary/aromatic N) is 2. The maximum atomic E-state index is 11.7. The number of carbonyl (C=O) groups excluding carboxylic acids is 1. The smallest absolute Gasteiger partial charge is 0.308 e. The van der Waals surface area contributed by atoms with E-state index in [1.54, 1.807) is 19.3 Å². The number of carbonyl (C=O) groups is 1. The van der Waals surface area contributed by atoms with Gasteiger partial charge in [0, 0.05) is 12.4 Å². The summed E-state index contributed by atoms with van der Waals surface area (Å²) in [6.07, 6.45) is 3.23. The van der Waals surface area contributed by atoms with Gasteiger partial charge in [0.2, 0.25) is 0 Å². The molecule has 18 heavy (non-hydrogen) atoms. The predicted octanol–water partition coefficient (Wildman–Crippen LogP) is 2.14. The molecule has 1 atom stereocenters. The molecule has 5 nitrogen and oxygen atoms in total. The second kappa shape index (κ2) is 5.32. The van der Waals surface area contributed by atoms with Crippen molar-refractivity contribution in [1.82, 2.24) is 9.97 Å². The van der Waals surface area contributed by atoms with E-state index in [4.69, 9.17) is 10.5 Å². The molecule has 0 amide bonds. The van der Waals surface area contributed by atoms with E-state index < -0.39 is 11.1 Å². The molecule has 0 radical (unpaired) electrons. The zero-order valence-corrected chi connectivity index (χ0v) is 12.6. The Morgan fingerprint density at radius 3 is 2.28 bits per heavy atom. The average Bonchev–Trinajstić information content (AvgIpc) is 2.13. The lowest BCUT2D eigenvalue weighted by molar-refractivity contribution is -0.156. The Balaban J connectivity index is 2.75. The van der Waals surface area contributed by atoms with Crippen LogP contribution < -0.4 is 5.73 Å². The third-order valence-electron chi connectivity index (χ3n) is 2.06. The average molecular weight is 316 g/mol. The van der Waals surface area contributed by atoms with Crippen LogP contribution in [0.15, 0.2) is 16.9 Å². The van der Waals surface area contributed by atoms with E-state index in [1.165, 1.54) is 0 Å². The van der Waals surface area contributed by atoms with Crippen LogP contribution in [0.5, 0.6) is 0 Å². The summed E-state index contributed by atoms with van der Waals surface area (Å²) in [7, 11) is 0. The van der Waals surface area contributed by atoms with Crippen LogP contribution in [0.25, 0.3) is 0 Å². The van der Waals surface area contributed by atoms with E-state index in [9.17, 15) is 4.79 Å². The molecule has 0 bridgehead atoms. The number of hydrogen-bond donors (Lipinski definition) is 1. The number of hydrogen-bond acceptors (Lipinski definition) is 5. The predicted molar refractivity (Wildman–Crippen MR) is 71.7 cm³/mol. The summed E-state index contributed by atoms with van der Waals surface area (Å²) in [4.78, 5) is 20.0. The molecule has 100 valence electrons. The van der Waals surface area contributed by atoms with Gasteiger partial charge in [-0.2, -0.15) is 0 Å². The second-order valence-corrected chi connectivity index (χ2v) is 6.32. The van der Waals surface area contributed by atoms with Gasteiger partial charge in [-0.25, -0.2) is 9.97 Å². The van der Waals surface area contributed by atoms with Crippen LogP contribution >= 0.6 is 15.9 Å². The zero-order valence-electron chi connectivity index (χ0n) is 11.0. The van der Waals surface area contributed by atoms with Gasteiger partial charge in [0.1, 0.15) is 11.4 Å². The van der Waals surface area contributed by atoms with E-state index in [2.05, 4.69) is 25.9 Å². The minimum Gasteiger partial charge on any atom is -0.460 e. The third-order valence-corrected chi connectivity index (χ3v) is 2.47. The van der Waals surface area contributed by atoms with Crippen molar-refractivity contribution in [3.63, 3.8) is 0 Å². The van der Waals surface area contributed by atoms with Crippen LogP contribution in [-0.4, -0.2) is 21.5 Å². The number of ether oxygens (including phenoxy) is 1. The molecule has 0 aliphatic rings. The van der Waals surface area contributed by atoms with Crippen LogP contribution in [0.4, 0.5) is 0 Å². The van der Waals surface area contributed by atoms with E-state index in [1.807, 2.05) is 20.8 Å². The lowest BCUT2D eigenvalue weighted by Crippen LogP contribution is -2.39. The van der Waals surface area contributed by atoms with Crippen molar-refractivity contribution < 1.29 is 9.53 Å². The third kappa shape index (κ3) is 4.70. The highest BCUT2D eigenvalue weighted by atomic mass is 79.9. The molecule has 0 aliphatic carbocycles. The SMILES string of the molecule is CC(C)(C)OC(=O)CC(C)(N)c1ncc(Br)cn1. The van der Waals surface area contributed by atoms with Crippen LogP contribution in [0, 0.1) is 0 Å². The fourth-order valence-electron chi connectivity index (χ4n) is 1.36. The van der Waals surface area contributed by atoms with Gasteiger partial charge in [-0.1, -0.05) is 0 Å². The molecule has 6 heteroatoms. The van der Waals surface area contributed by atoms with Crippen molar-refractivity contribution >= 4 is 21.9 Å². The molecule has 0 aliphatic heterocycles. The van der Waals surface area contributed by atoms with Crippen LogP contribution in [0.2, 0.25) is 0 Å². The molecular weight excluding hydrogens is 298 g/mol. The molecule has 1 unspecified atom stereocenters. The van der Waals surface area contributed by atoms with Crippen LogP contribution in [-0.2, 0) is 15.1 Å². The molecule has 1 rings (SSSR count). The highest BCUT2D eigenvalue weighted by Gasteiger charge is 2.30. The van der Waals surface area contributed by atoms with Crippen LogP contribution in [0.3, 0.4) is 0 Å². The summed E-state index contributed by atoms with van der Waals surface area (Å²) in [6, 6.07) is 0. The van der Waals surface area contributed by atoms with Gasteiger partial charge in [-0.15, -0.1) is 0 Å². The molecule has 2 N–H and O–H groups in total. The summed E-state index contributed by atoms with van der Waals surface area (Å²) < 4.78 is 6.00. The number of aromatic nitrogens is 2. The zero-order chi connectivity index (χ0) is 14.0. The molecule has 1 aromatic rings. The van der Waals surface area contributed by atoms with Crippen LogP contribution in [0.1, 0.15) is 39.9 Å². The maximum absolute atomic E-state index is 11.7. The number of halogens is 1. The second-order valence-electron chi connectivity index (χ2n) is 5.41. The first-order chi connectivity index (χ1) is 8.10. The molecule has 0 spiro atoms. The van der Waals surface area contributed by atoms with E-state index >= 15 is 0 Å². The normalized spacial score (nSPS) is 15.0. The molecule has 0 aromatic carbocycles. The van der Waals surface area contributed by atoms with Crippen molar-refractivity contribution in [3.8, 4) is 0 Å². The van der Waals surface area contributed by atoms with Gasteiger partial charge in [-0.3, -0.25) is 4.79 Å². The first-order valence-electron chi connectivity index (χ1n) is 5.59. The van der Waals surface area contributed by atoms with Gasteiger partial charge in [0.05, 0.1) is 16.4 Å². The molecule has 1 aromatic heterocycles. The maximum Gasteiger partial charge on any atom is 0.308 e. The summed E-state index contributed by atoms with van der Waals surface area (Å²) >= 11 is 3.25.